The van der Waals surface area contributed by atoms with Gasteiger partial charge in [-0.05, 0) is 41.5 Å². The molecule has 0 aliphatic carbocycles. The summed E-state index contributed by atoms with van der Waals surface area (Å²) in [5.74, 6) is 0.668. The minimum Gasteiger partial charge on any atom is -0.488 e. The van der Waals surface area contributed by atoms with E-state index in [1.807, 2.05) is 42.6 Å². The fourth-order valence-electron chi connectivity index (χ4n) is 2.94. The number of carbonyl (C=O) groups excluding carboxylic acids is 1. The molecule has 0 bridgehead atoms. The Morgan fingerprint density at radius 2 is 2.08 bits per heavy atom. The standard InChI is InChI=1S/C20H15ClN2O2/c21-15-3-1-2-13(8-15)9-20(24)23-16-4-5-18-17-6-7-22-11-14(17)12-25-19(18)10-16/h1-8,10-11H,9,12H2,(H,23,24). The van der Waals surface area contributed by atoms with Crippen LogP contribution < -0.4 is 10.1 Å². The topological polar surface area (TPSA) is 51.2 Å². The van der Waals surface area contributed by atoms with E-state index in [0.29, 0.717) is 17.3 Å². The number of halogens is 1. The van der Waals surface area contributed by atoms with Crippen molar-refractivity contribution >= 4 is 23.2 Å². The highest BCUT2D eigenvalue weighted by atomic mass is 35.5. The summed E-state index contributed by atoms with van der Waals surface area (Å²) in [4.78, 5) is 16.4. The first kappa shape index (κ1) is 15.7. The smallest absolute Gasteiger partial charge is 0.228 e. The van der Waals surface area contributed by atoms with Gasteiger partial charge in [-0.2, -0.15) is 0 Å². The van der Waals surface area contributed by atoms with Crippen LogP contribution in [0.25, 0.3) is 11.1 Å². The van der Waals surface area contributed by atoms with Gasteiger partial charge in [-0.15, -0.1) is 0 Å². The minimum atomic E-state index is -0.0948. The van der Waals surface area contributed by atoms with Crippen LogP contribution in [-0.2, 0) is 17.8 Å². The summed E-state index contributed by atoms with van der Waals surface area (Å²) in [5.41, 5.74) is 4.78. The third-order valence-corrected chi connectivity index (χ3v) is 4.33. The van der Waals surface area contributed by atoms with E-state index in [9.17, 15) is 4.79 Å². The molecule has 2 aromatic carbocycles. The second-order valence-electron chi connectivity index (χ2n) is 5.89. The maximum atomic E-state index is 12.3. The fourth-order valence-corrected chi connectivity index (χ4v) is 3.15. The van der Waals surface area contributed by atoms with Gasteiger partial charge in [-0.1, -0.05) is 23.7 Å². The highest BCUT2D eigenvalue weighted by molar-refractivity contribution is 6.30. The average Bonchev–Trinajstić information content (AvgIpc) is 2.61. The molecule has 3 aromatic rings. The molecule has 5 heteroatoms. The normalized spacial score (nSPS) is 11.9. The Balaban J connectivity index is 1.52. The number of nitrogens with one attached hydrogen (secondary N) is 1. The Hall–Kier alpha value is -2.85. The molecule has 1 N–H and O–H groups in total. The molecule has 0 saturated heterocycles. The molecular formula is C20H15ClN2O2. The molecule has 0 spiro atoms. The number of anilines is 1. The highest BCUT2D eigenvalue weighted by Crippen LogP contribution is 2.38. The molecular weight excluding hydrogens is 336 g/mol. The van der Waals surface area contributed by atoms with Gasteiger partial charge in [0, 0.05) is 40.3 Å². The monoisotopic (exact) mass is 350 g/mol. The van der Waals surface area contributed by atoms with E-state index in [0.717, 1.165) is 28.0 Å². The quantitative estimate of drug-likeness (QED) is 0.758. The van der Waals surface area contributed by atoms with Gasteiger partial charge in [0.1, 0.15) is 12.4 Å². The van der Waals surface area contributed by atoms with Crippen LogP contribution in [0.4, 0.5) is 5.69 Å². The lowest BCUT2D eigenvalue weighted by molar-refractivity contribution is -0.115. The molecule has 0 saturated carbocycles. The van der Waals surface area contributed by atoms with Gasteiger partial charge in [-0.3, -0.25) is 9.78 Å². The molecule has 2 heterocycles. The zero-order valence-corrected chi connectivity index (χ0v) is 14.1. The van der Waals surface area contributed by atoms with E-state index in [2.05, 4.69) is 10.3 Å². The first-order chi connectivity index (χ1) is 12.2. The Bertz CT molecular complexity index is 956. The molecule has 0 fully saturated rings. The predicted octanol–water partition coefficient (Wildman–Crippen LogP) is 4.48. The number of benzene rings is 2. The first-order valence-electron chi connectivity index (χ1n) is 7.93. The second-order valence-corrected chi connectivity index (χ2v) is 6.32. The molecule has 4 nitrogen and oxygen atoms in total. The van der Waals surface area contributed by atoms with Crippen molar-refractivity contribution in [2.75, 3.05) is 5.32 Å². The summed E-state index contributed by atoms with van der Waals surface area (Å²) in [5, 5.41) is 3.54. The van der Waals surface area contributed by atoms with E-state index >= 15 is 0 Å². The van der Waals surface area contributed by atoms with Crippen LogP contribution in [0.2, 0.25) is 5.02 Å². The van der Waals surface area contributed by atoms with Crippen LogP contribution in [0.5, 0.6) is 5.75 Å². The summed E-state index contributed by atoms with van der Waals surface area (Å²) >= 11 is 5.96. The van der Waals surface area contributed by atoms with E-state index < -0.39 is 0 Å². The predicted molar refractivity (Wildman–Crippen MR) is 97.8 cm³/mol. The Labute approximate surface area is 150 Å². The zero-order valence-electron chi connectivity index (χ0n) is 13.3. The van der Waals surface area contributed by atoms with Crippen molar-refractivity contribution < 1.29 is 9.53 Å². The largest absolute Gasteiger partial charge is 0.488 e. The number of nitrogens with zero attached hydrogens (tertiary/aromatic N) is 1. The van der Waals surface area contributed by atoms with Crippen molar-refractivity contribution in [2.24, 2.45) is 0 Å². The van der Waals surface area contributed by atoms with Gasteiger partial charge in [0.25, 0.3) is 0 Å². The van der Waals surface area contributed by atoms with Crippen molar-refractivity contribution in [2.45, 2.75) is 13.0 Å². The number of pyridine rings is 1. The number of aromatic nitrogens is 1. The van der Waals surface area contributed by atoms with Gasteiger partial charge in [0.2, 0.25) is 5.91 Å². The van der Waals surface area contributed by atoms with Crippen LogP contribution >= 0.6 is 11.6 Å². The van der Waals surface area contributed by atoms with Gasteiger partial charge < -0.3 is 10.1 Å². The van der Waals surface area contributed by atoms with Crippen molar-refractivity contribution in [3.63, 3.8) is 0 Å². The molecule has 25 heavy (non-hydrogen) atoms. The van der Waals surface area contributed by atoms with E-state index in [1.165, 1.54) is 0 Å². The Morgan fingerprint density at radius 1 is 1.16 bits per heavy atom. The van der Waals surface area contributed by atoms with E-state index in [-0.39, 0.29) is 12.3 Å². The van der Waals surface area contributed by atoms with Crippen molar-refractivity contribution in [3.05, 3.63) is 77.1 Å². The van der Waals surface area contributed by atoms with Crippen molar-refractivity contribution in [1.82, 2.24) is 4.98 Å². The van der Waals surface area contributed by atoms with Gasteiger partial charge in [0.05, 0.1) is 6.42 Å². The highest BCUT2D eigenvalue weighted by Gasteiger charge is 2.17. The SMILES string of the molecule is O=C(Cc1cccc(Cl)c1)Nc1ccc2c(c1)OCc1cnccc1-2. The maximum Gasteiger partial charge on any atom is 0.228 e. The number of hydrogen-bond acceptors (Lipinski definition) is 3. The lowest BCUT2D eigenvalue weighted by atomic mass is 9.98. The zero-order chi connectivity index (χ0) is 17.2. The van der Waals surface area contributed by atoms with Crippen LogP contribution in [0.1, 0.15) is 11.1 Å². The first-order valence-corrected chi connectivity index (χ1v) is 8.31. The van der Waals surface area contributed by atoms with Crippen LogP contribution in [-0.4, -0.2) is 10.9 Å². The minimum absolute atomic E-state index is 0.0948. The molecule has 1 aliphatic rings. The van der Waals surface area contributed by atoms with Gasteiger partial charge >= 0.3 is 0 Å². The number of amides is 1. The number of ether oxygens (including phenoxy) is 1. The Kier molecular flexibility index (Phi) is 4.12. The fraction of sp³-hybridized carbons (Fsp3) is 0.100. The summed E-state index contributed by atoms with van der Waals surface area (Å²) < 4.78 is 5.80. The van der Waals surface area contributed by atoms with Gasteiger partial charge in [0.15, 0.2) is 0 Å². The lowest BCUT2D eigenvalue weighted by Crippen LogP contribution is -2.15. The summed E-state index contributed by atoms with van der Waals surface area (Å²) in [6.07, 6.45) is 3.86. The molecule has 4 rings (SSSR count). The second kappa shape index (κ2) is 6.57. The van der Waals surface area contributed by atoms with Crippen LogP contribution in [0.3, 0.4) is 0 Å². The number of hydrogen-bond donors (Lipinski definition) is 1. The molecule has 124 valence electrons. The van der Waals surface area contributed by atoms with Crippen LogP contribution in [0, 0.1) is 0 Å². The molecule has 0 unspecified atom stereocenters. The summed E-state index contributed by atoms with van der Waals surface area (Å²) in [6, 6.07) is 15.0. The molecule has 1 amide bonds. The lowest BCUT2D eigenvalue weighted by Gasteiger charge is -2.21. The summed E-state index contributed by atoms with van der Waals surface area (Å²) in [6.45, 7) is 0.482. The third kappa shape index (κ3) is 3.35. The number of fused-ring (bicyclic) bond motifs is 3. The molecule has 0 atom stereocenters. The van der Waals surface area contributed by atoms with Gasteiger partial charge in [-0.25, -0.2) is 0 Å². The van der Waals surface area contributed by atoms with Crippen molar-refractivity contribution in [1.29, 1.82) is 0 Å². The maximum absolute atomic E-state index is 12.3. The van der Waals surface area contributed by atoms with Crippen molar-refractivity contribution in [3.8, 4) is 16.9 Å². The number of carbonyl (C=O) groups is 1. The van der Waals surface area contributed by atoms with E-state index in [4.69, 9.17) is 16.3 Å². The molecule has 1 aliphatic heterocycles. The van der Waals surface area contributed by atoms with Crippen LogP contribution in [0.15, 0.2) is 60.9 Å². The van der Waals surface area contributed by atoms with E-state index in [1.54, 1.807) is 18.3 Å². The molecule has 0 radical (unpaired) electrons. The summed E-state index contributed by atoms with van der Waals surface area (Å²) in [7, 11) is 0. The average molecular weight is 351 g/mol. The molecule has 1 aromatic heterocycles. The third-order valence-electron chi connectivity index (χ3n) is 4.10. The number of rotatable bonds is 3. The Morgan fingerprint density at radius 3 is 2.96 bits per heavy atom.